The number of hydrogen-bond donors (Lipinski definition) is 0. The third-order valence-corrected chi connectivity index (χ3v) is 4.65. The van der Waals surface area contributed by atoms with Gasteiger partial charge in [0.1, 0.15) is 0 Å². The Labute approximate surface area is 117 Å². The smallest absolute Gasteiger partial charge is 0.0693 e. The molecule has 19 heavy (non-hydrogen) atoms. The monoisotopic (exact) mass is 255 g/mol. The third kappa shape index (κ3) is 3.18. The van der Waals surface area contributed by atoms with Gasteiger partial charge in [0.05, 0.1) is 11.5 Å². The summed E-state index contributed by atoms with van der Waals surface area (Å²) < 4.78 is 0. The van der Waals surface area contributed by atoms with Gasteiger partial charge in [-0.1, -0.05) is 43.4 Å². The number of nitriles is 1. The standard InChI is InChI=1S/C18H25N/c1-14-10-15(2)17(16(3)11-14)12-18(13-19)8-6-4-5-7-9-18/h10-11H,4-9,12H2,1-3H3. The van der Waals surface area contributed by atoms with Gasteiger partial charge in [-0.2, -0.15) is 5.26 Å². The van der Waals surface area contributed by atoms with Gasteiger partial charge in [-0.15, -0.1) is 0 Å². The van der Waals surface area contributed by atoms with Crippen molar-refractivity contribution in [1.82, 2.24) is 0 Å². The van der Waals surface area contributed by atoms with Crippen molar-refractivity contribution in [2.24, 2.45) is 5.41 Å². The molecule has 0 spiro atoms. The molecule has 0 radical (unpaired) electrons. The average Bonchev–Trinajstić information content (AvgIpc) is 2.60. The molecule has 0 atom stereocenters. The fourth-order valence-electron chi connectivity index (χ4n) is 3.56. The fraction of sp³-hybridized carbons (Fsp3) is 0.611. The molecule has 0 unspecified atom stereocenters. The minimum absolute atomic E-state index is 0.110. The molecule has 0 aliphatic heterocycles. The Morgan fingerprint density at radius 3 is 2.00 bits per heavy atom. The summed E-state index contributed by atoms with van der Waals surface area (Å²) in [6, 6.07) is 7.18. The van der Waals surface area contributed by atoms with Crippen LogP contribution in [0.3, 0.4) is 0 Å². The molecule has 1 aromatic rings. The first kappa shape index (κ1) is 14.1. The van der Waals surface area contributed by atoms with E-state index in [-0.39, 0.29) is 5.41 Å². The number of nitrogens with zero attached hydrogens (tertiary/aromatic N) is 1. The lowest BCUT2D eigenvalue weighted by atomic mass is 9.75. The summed E-state index contributed by atoms with van der Waals surface area (Å²) in [5.41, 5.74) is 5.34. The highest BCUT2D eigenvalue weighted by Gasteiger charge is 2.32. The van der Waals surface area contributed by atoms with Crippen LogP contribution >= 0.6 is 0 Å². The molecule has 0 saturated heterocycles. The topological polar surface area (TPSA) is 23.8 Å². The largest absolute Gasteiger partial charge is 0.198 e. The maximum absolute atomic E-state index is 9.71. The van der Waals surface area contributed by atoms with Gasteiger partial charge in [-0.05, 0) is 56.7 Å². The molecule has 0 N–H and O–H groups in total. The first-order chi connectivity index (χ1) is 9.06. The van der Waals surface area contributed by atoms with E-state index in [0.717, 1.165) is 19.3 Å². The van der Waals surface area contributed by atoms with E-state index < -0.39 is 0 Å². The van der Waals surface area contributed by atoms with Crippen LogP contribution in [0.15, 0.2) is 12.1 Å². The van der Waals surface area contributed by atoms with Crippen LogP contribution in [0.1, 0.15) is 60.8 Å². The van der Waals surface area contributed by atoms with Gasteiger partial charge < -0.3 is 0 Å². The first-order valence-corrected chi connectivity index (χ1v) is 7.54. The minimum Gasteiger partial charge on any atom is -0.198 e. The second-order valence-electron chi connectivity index (χ2n) is 6.36. The molecule has 1 aliphatic carbocycles. The van der Waals surface area contributed by atoms with Gasteiger partial charge in [-0.25, -0.2) is 0 Å². The Kier molecular flexibility index (Phi) is 4.30. The molecule has 1 nitrogen and oxygen atoms in total. The minimum atomic E-state index is -0.110. The zero-order chi connectivity index (χ0) is 13.9. The molecule has 0 heterocycles. The van der Waals surface area contributed by atoms with E-state index in [1.165, 1.54) is 47.9 Å². The lowest BCUT2D eigenvalue weighted by molar-refractivity contribution is 0.338. The molecular weight excluding hydrogens is 230 g/mol. The second-order valence-corrected chi connectivity index (χ2v) is 6.36. The number of hydrogen-bond acceptors (Lipinski definition) is 1. The molecule has 0 amide bonds. The van der Waals surface area contributed by atoms with Crippen LogP contribution in [-0.4, -0.2) is 0 Å². The van der Waals surface area contributed by atoms with E-state index in [1.807, 2.05) is 0 Å². The van der Waals surface area contributed by atoms with Crippen molar-refractivity contribution < 1.29 is 0 Å². The van der Waals surface area contributed by atoms with Crippen LogP contribution in [0, 0.1) is 37.5 Å². The number of aryl methyl sites for hydroxylation is 3. The molecular formula is C18H25N. The molecule has 102 valence electrons. The lowest BCUT2D eigenvalue weighted by Crippen LogP contribution is -2.22. The van der Waals surface area contributed by atoms with Gasteiger partial charge in [0.2, 0.25) is 0 Å². The summed E-state index contributed by atoms with van der Waals surface area (Å²) >= 11 is 0. The normalized spacial score (nSPS) is 18.6. The summed E-state index contributed by atoms with van der Waals surface area (Å²) in [4.78, 5) is 0. The maximum Gasteiger partial charge on any atom is 0.0693 e. The first-order valence-electron chi connectivity index (χ1n) is 7.54. The Bertz CT molecular complexity index is 462. The number of rotatable bonds is 2. The highest BCUT2D eigenvalue weighted by atomic mass is 14.4. The summed E-state index contributed by atoms with van der Waals surface area (Å²) in [7, 11) is 0. The van der Waals surface area contributed by atoms with Crippen LogP contribution in [-0.2, 0) is 6.42 Å². The Hall–Kier alpha value is -1.29. The SMILES string of the molecule is Cc1cc(C)c(CC2(C#N)CCCCCC2)c(C)c1. The van der Waals surface area contributed by atoms with Crippen molar-refractivity contribution in [3.05, 3.63) is 34.4 Å². The Morgan fingerprint density at radius 2 is 1.53 bits per heavy atom. The molecule has 1 aromatic carbocycles. The number of benzene rings is 1. The summed E-state index contributed by atoms with van der Waals surface area (Å²) in [5.74, 6) is 0. The van der Waals surface area contributed by atoms with Crippen LogP contribution in [0.2, 0.25) is 0 Å². The predicted molar refractivity (Wildman–Crippen MR) is 80.1 cm³/mol. The van der Waals surface area contributed by atoms with Gasteiger partial charge >= 0.3 is 0 Å². The van der Waals surface area contributed by atoms with Crippen molar-refractivity contribution in [2.45, 2.75) is 65.7 Å². The fourth-order valence-corrected chi connectivity index (χ4v) is 3.56. The molecule has 1 aliphatic rings. The highest BCUT2D eigenvalue weighted by Crippen LogP contribution is 2.38. The van der Waals surface area contributed by atoms with Gasteiger partial charge in [0.15, 0.2) is 0 Å². The van der Waals surface area contributed by atoms with Gasteiger partial charge in [-0.3, -0.25) is 0 Å². The molecule has 1 heteroatoms. The average molecular weight is 255 g/mol. The van der Waals surface area contributed by atoms with Gasteiger partial charge in [0.25, 0.3) is 0 Å². The van der Waals surface area contributed by atoms with E-state index >= 15 is 0 Å². The van der Waals surface area contributed by atoms with Crippen molar-refractivity contribution in [3.63, 3.8) is 0 Å². The van der Waals surface area contributed by atoms with E-state index in [1.54, 1.807) is 0 Å². The van der Waals surface area contributed by atoms with E-state index in [0.29, 0.717) is 0 Å². The van der Waals surface area contributed by atoms with Crippen LogP contribution in [0.4, 0.5) is 0 Å². The van der Waals surface area contributed by atoms with Gasteiger partial charge in [0, 0.05) is 0 Å². The third-order valence-electron chi connectivity index (χ3n) is 4.65. The molecule has 1 fully saturated rings. The zero-order valence-corrected chi connectivity index (χ0v) is 12.6. The van der Waals surface area contributed by atoms with Crippen molar-refractivity contribution in [2.75, 3.05) is 0 Å². The summed E-state index contributed by atoms with van der Waals surface area (Å²) in [6.45, 7) is 6.53. The van der Waals surface area contributed by atoms with Crippen molar-refractivity contribution in [3.8, 4) is 6.07 Å². The molecule has 0 aromatic heterocycles. The quantitative estimate of drug-likeness (QED) is 0.681. The van der Waals surface area contributed by atoms with E-state index in [9.17, 15) is 5.26 Å². The lowest BCUT2D eigenvalue weighted by Gasteiger charge is -2.27. The molecule has 0 bridgehead atoms. The van der Waals surface area contributed by atoms with Crippen LogP contribution in [0.5, 0.6) is 0 Å². The van der Waals surface area contributed by atoms with E-state index in [4.69, 9.17) is 0 Å². The van der Waals surface area contributed by atoms with E-state index in [2.05, 4.69) is 39.0 Å². The van der Waals surface area contributed by atoms with Crippen molar-refractivity contribution in [1.29, 1.82) is 5.26 Å². The van der Waals surface area contributed by atoms with Crippen LogP contribution < -0.4 is 0 Å². The highest BCUT2D eigenvalue weighted by molar-refractivity contribution is 5.38. The Balaban J connectivity index is 2.30. The summed E-state index contributed by atoms with van der Waals surface area (Å²) in [6.07, 6.45) is 8.15. The summed E-state index contributed by atoms with van der Waals surface area (Å²) in [5, 5.41) is 9.71. The second kappa shape index (κ2) is 5.78. The van der Waals surface area contributed by atoms with Crippen molar-refractivity contribution >= 4 is 0 Å². The zero-order valence-electron chi connectivity index (χ0n) is 12.6. The van der Waals surface area contributed by atoms with Crippen LogP contribution in [0.25, 0.3) is 0 Å². The molecule has 2 rings (SSSR count). The predicted octanol–water partition coefficient (Wildman–Crippen LogP) is 5.02. The maximum atomic E-state index is 9.71. The Morgan fingerprint density at radius 1 is 1.00 bits per heavy atom. The molecule has 1 saturated carbocycles.